The van der Waals surface area contributed by atoms with Crippen molar-refractivity contribution in [3.05, 3.63) is 42.1 Å². The molecule has 1 aliphatic heterocycles. The lowest BCUT2D eigenvalue weighted by atomic mass is 10.0. The Kier molecular flexibility index (Phi) is 5.08. The summed E-state index contributed by atoms with van der Waals surface area (Å²) in [6, 6.07) is 10.6. The standard InChI is InChI=1S/C18H23N3O2/c1-2-23-18(22)20-16-8-11-21(12-9-16)13-15-6-3-5-14-7-4-10-19-17(14)15/h3-7,10,16H,2,8-9,11-13H2,1H3,(H,20,22). The third kappa shape index (κ3) is 3.99. The van der Waals surface area contributed by atoms with Gasteiger partial charge in [0.15, 0.2) is 0 Å². The van der Waals surface area contributed by atoms with Crippen molar-refractivity contribution in [3.8, 4) is 0 Å². The highest BCUT2D eigenvalue weighted by atomic mass is 16.5. The molecule has 0 atom stereocenters. The van der Waals surface area contributed by atoms with Gasteiger partial charge in [-0.2, -0.15) is 0 Å². The third-order valence-corrected chi connectivity index (χ3v) is 4.30. The molecule has 0 spiro atoms. The van der Waals surface area contributed by atoms with Crippen LogP contribution in [0, 0.1) is 0 Å². The minimum absolute atomic E-state index is 0.218. The van der Waals surface area contributed by atoms with E-state index in [9.17, 15) is 4.79 Å². The summed E-state index contributed by atoms with van der Waals surface area (Å²) in [6.45, 7) is 5.08. The number of hydrogen-bond acceptors (Lipinski definition) is 4. The van der Waals surface area contributed by atoms with E-state index in [1.165, 1.54) is 10.9 Å². The van der Waals surface area contributed by atoms with Gasteiger partial charge in [0.25, 0.3) is 0 Å². The maximum atomic E-state index is 11.5. The van der Waals surface area contributed by atoms with E-state index in [1.54, 1.807) is 0 Å². The SMILES string of the molecule is CCOC(=O)NC1CCN(Cc2cccc3cccnc23)CC1. The van der Waals surface area contributed by atoms with Crippen LogP contribution in [0.25, 0.3) is 10.9 Å². The molecule has 2 aromatic rings. The van der Waals surface area contributed by atoms with Crippen LogP contribution >= 0.6 is 0 Å². The Morgan fingerprint density at radius 1 is 1.30 bits per heavy atom. The van der Waals surface area contributed by atoms with E-state index in [-0.39, 0.29) is 12.1 Å². The zero-order valence-corrected chi connectivity index (χ0v) is 13.5. The predicted molar refractivity (Wildman–Crippen MR) is 90.2 cm³/mol. The number of carbonyl (C=O) groups excluding carboxylic acids is 1. The van der Waals surface area contributed by atoms with Crippen LogP contribution in [-0.2, 0) is 11.3 Å². The van der Waals surface area contributed by atoms with E-state index >= 15 is 0 Å². The third-order valence-electron chi connectivity index (χ3n) is 4.30. The summed E-state index contributed by atoms with van der Waals surface area (Å²) in [5.41, 5.74) is 2.35. The number of fused-ring (bicyclic) bond motifs is 1. The first-order chi connectivity index (χ1) is 11.3. The smallest absolute Gasteiger partial charge is 0.407 e. The monoisotopic (exact) mass is 313 g/mol. The van der Waals surface area contributed by atoms with Gasteiger partial charge in [0.1, 0.15) is 0 Å². The minimum atomic E-state index is -0.302. The molecule has 122 valence electrons. The summed E-state index contributed by atoms with van der Waals surface area (Å²) in [5, 5.41) is 4.12. The maximum Gasteiger partial charge on any atom is 0.407 e. The van der Waals surface area contributed by atoms with Crippen LogP contribution in [0.1, 0.15) is 25.3 Å². The molecule has 0 unspecified atom stereocenters. The highest BCUT2D eigenvalue weighted by Crippen LogP contribution is 2.20. The van der Waals surface area contributed by atoms with Gasteiger partial charge in [-0.15, -0.1) is 0 Å². The van der Waals surface area contributed by atoms with Crippen molar-refractivity contribution in [1.82, 2.24) is 15.2 Å². The molecule has 2 heterocycles. The van der Waals surface area contributed by atoms with Crippen LogP contribution in [0.2, 0.25) is 0 Å². The molecule has 1 aromatic carbocycles. The van der Waals surface area contributed by atoms with Gasteiger partial charge in [-0.05, 0) is 31.4 Å². The zero-order chi connectivity index (χ0) is 16.1. The predicted octanol–water partition coefficient (Wildman–Crippen LogP) is 2.95. The fourth-order valence-electron chi connectivity index (χ4n) is 3.11. The van der Waals surface area contributed by atoms with Gasteiger partial charge >= 0.3 is 6.09 Å². The summed E-state index contributed by atoms with van der Waals surface area (Å²) < 4.78 is 4.94. The van der Waals surface area contributed by atoms with Crippen LogP contribution in [0.3, 0.4) is 0 Å². The lowest BCUT2D eigenvalue weighted by Crippen LogP contribution is -2.44. The molecule has 1 fully saturated rings. The number of benzene rings is 1. The van der Waals surface area contributed by atoms with Gasteiger partial charge in [0, 0.05) is 37.3 Å². The molecule has 1 N–H and O–H groups in total. The molecule has 0 saturated carbocycles. The van der Waals surface area contributed by atoms with Crippen LogP contribution in [0.5, 0.6) is 0 Å². The van der Waals surface area contributed by atoms with Gasteiger partial charge < -0.3 is 10.1 Å². The summed E-state index contributed by atoms with van der Waals surface area (Å²) in [6.07, 6.45) is 3.46. The molecule has 1 amide bonds. The second-order valence-corrected chi connectivity index (χ2v) is 5.91. The molecule has 0 bridgehead atoms. The number of amides is 1. The van der Waals surface area contributed by atoms with Gasteiger partial charge in [-0.1, -0.05) is 24.3 Å². The van der Waals surface area contributed by atoms with Crippen LogP contribution in [-0.4, -0.2) is 41.7 Å². The molecule has 5 heteroatoms. The average Bonchev–Trinajstić information content (AvgIpc) is 2.57. The van der Waals surface area contributed by atoms with E-state index < -0.39 is 0 Å². The fourth-order valence-corrected chi connectivity index (χ4v) is 3.11. The number of alkyl carbamates (subject to hydrolysis) is 1. The Hall–Kier alpha value is -2.14. The first-order valence-electron chi connectivity index (χ1n) is 8.24. The quantitative estimate of drug-likeness (QED) is 0.943. The molecular weight excluding hydrogens is 290 g/mol. The van der Waals surface area contributed by atoms with Gasteiger partial charge in [0.05, 0.1) is 12.1 Å². The lowest BCUT2D eigenvalue weighted by molar-refractivity contribution is 0.136. The first kappa shape index (κ1) is 15.7. The first-order valence-corrected chi connectivity index (χ1v) is 8.24. The average molecular weight is 313 g/mol. The van der Waals surface area contributed by atoms with E-state index in [2.05, 4.69) is 39.5 Å². The van der Waals surface area contributed by atoms with Crippen molar-refractivity contribution in [2.24, 2.45) is 0 Å². The highest BCUT2D eigenvalue weighted by molar-refractivity contribution is 5.81. The molecular formula is C18H23N3O2. The number of nitrogens with one attached hydrogen (secondary N) is 1. The number of hydrogen-bond donors (Lipinski definition) is 1. The van der Waals surface area contributed by atoms with E-state index in [0.717, 1.165) is 38.0 Å². The number of aromatic nitrogens is 1. The largest absolute Gasteiger partial charge is 0.450 e. The number of piperidine rings is 1. The van der Waals surface area contributed by atoms with E-state index in [1.807, 2.05) is 19.2 Å². The van der Waals surface area contributed by atoms with Gasteiger partial charge in [-0.3, -0.25) is 9.88 Å². The van der Waals surface area contributed by atoms with Crippen molar-refractivity contribution in [3.63, 3.8) is 0 Å². The van der Waals surface area contributed by atoms with E-state index in [4.69, 9.17) is 4.74 Å². The van der Waals surface area contributed by atoms with E-state index in [0.29, 0.717) is 6.61 Å². The Morgan fingerprint density at radius 2 is 2.09 bits per heavy atom. The van der Waals surface area contributed by atoms with Crippen molar-refractivity contribution < 1.29 is 9.53 Å². The van der Waals surface area contributed by atoms with Crippen molar-refractivity contribution in [2.45, 2.75) is 32.4 Å². The molecule has 1 aromatic heterocycles. The molecule has 1 saturated heterocycles. The topological polar surface area (TPSA) is 54.5 Å². The number of rotatable bonds is 4. The number of ether oxygens (including phenoxy) is 1. The van der Waals surface area contributed by atoms with Crippen molar-refractivity contribution in [1.29, 1.82) is 0 Å². The lowest BCUT2D eigenvalue weighted by Gasteiger charge is -2.32. The van der Waals surface area contributed by atoms with Crippen LogP contribution in [0.4, 0.5) is 4.79 Å². The second-order valence-electron chi connectivity index (χ2n) is 5.91. The summed E-state index contributed by atoms with van der Waals surface area (Å²) in [7, 11) is 0. The summed E-state index contributed by atoms with van der Waals surface area (Å²) in [4.78, 5) is 18.4. The highest BCUT2D eigenvalue weighted by Gasteiger charge is 2.21. The molecule has 3 rings (SSSR count). The normalized spacial score (nSPS) is 16.4. The molecule has 1 aliphatic rings. The Morgan fingerprint density at radius 3 is 2.87 bits per heavy atom. The van der Waals surface area contributed by atoms with Gasteiger partial charge in [-0.25, -0.2) is 4.79 Å². The molecule has 5 nitrogen and oxygen atoms in total. The number of likely N-dealkylation sites (tertiary alicyclic amines) is 1. The minimum Gasteiger partial charge on any atom is -0.450 e. The molecule has 0 radical (unpaired) electrons. The maximum absolute atomic E-state index is 11.5. The number of nitrogens with zero attached hydrogens (tertiary/aromatic N) is 2. The Balaban J connectivity index is 1.57. The van der Waals surface area contributed by atoms with Gasteiger partial charge in [0.2, 0.25) is 0 Å². The summed E-state index contributed by atoms with van der Waals surface area (Å²) >= 11 is 0. The van der Waals surface area contributed by atoms with Crippen molar-refractivity contribution >= 4 is 17.0 Å². The number of carbonyl (C=O) groups is 1. The molecule has 23 heavy (non-hydrogen) atoms. The number of pyridine rings is 1. The van der Waals surface area contributed by atoms with Crippen LogP contribution < -0.4 is 5.32 Å². The number of para-hydroxylation sites is 1. The van der Waals surface area contributed by atoms with Crippen LogP contribution in [0.15, 0.2) is 36.5 Å². The van der Waals surface area contributed by atoms with Crippen molar-refractivity contribution in [2.75, 3.05) is 19.7 Å². The second kappa shape index (κ2) is 7.42. The summed E-state index contributed by atoms with van der Waals surface area (Å²) in [5.74, 6) is 0. The zero-order valence-electron chi connectivity index (χ0n) is 13.5. The Labute approximate surface area is 136 Å². The molecule has 0 aliphatic carbocycles. The Bertz CT molecular complexity index is 661. The fraction of sp³-hybridized carbons (Fsp3) is 0.444.